The van der Waals surface area contributed by atoms with E-state index in [1.165, 1.54) is 0 Å². The van der Waals surface area contributed by atoms with E-state index in [1.807, 2.05) is 30.3 Å². The zero-order valence-corrected chi connectivity index (χ0v) is 18.9. The third-order valence-electron chi connectivity index (χ3n) is 5.92. The molecule has 1 saturated carbocycles. The first-order valence-corrected chi connectivity index (χ1v) is 12.1. The van der Waals surface area contributed by atoms with Crippen LogP contribution in [0.5, 0.6) is 5.75 Å². The van der Waals surface area contributed by atoms with Crippen molar-refractivity contribution >= 4 is 16.1 Å². The van der Waals surface area contributed by atoms with Crippen molar-refractivity contribution in [1.29, 1.82) is 0 Å². The number of ether oxygens (including phenoxy) is 1. The van der Waals surface area contributed by atoms with Gasteiger partial charge in [0.15, 0.2) is 0 Å². The van der Waals surface area contributed by atoms with Gasteiger partial charge in [0.2, 0.25) is 0 Å². The molecule has 0 atom stereocenters. The maximum absolute atomic E-state index is 12.9. The Morgan fingerprint density at radius 2 is 1.71 bits per heavy atom. The predicted octanol–water partition coefficient (Wildman–Crippen LogP) is 2.75. The molecule has 0 aliphatic heterocycles. The van der Waals surface area contributed by atoms with Gasteiger partial charge in [-0.15, -0.1) is 0 Å². The molecule has 0 saturated heterocycles. The first kappa shape index (κ1) is 23.2. The highest BCUT2D eigenvalue weighted by atomic mass is 32.2. The molecule has 2 aromatic rings. The lowest BCUT2D eigenvalue weighted by Gasteiger charge is -2.41. The van der Waals surface area contributed by atoms with Gasteiger partial charge in [0, 0.05) is 24.5 Å². The molecule has 0 radical (unpaired) electrons. The Labute approximate surface area is 184 Å². The highest BCUT2D eigenvalue weighted by Crippen LogP contribution is 2.39. The van der Waals surface area contributed by atoms with E-state index in [1.54, 1.807) is 26.2 Å². The van der Waals surface area contributed by atoms with Crippen LogP contribution in [0.15, 0.2) is 54.6 Å². The van der Waals surface area contributed by atoms with Gasteiger partial charge in [0.05, 0.1) is 12.7 Å². The second kappa shape index (κ2) is 10.3. The number of hydrogen-bond donors (Lipinski definition) is 3. The standard InChI is InChI=1S/C23H31N3O4S/c1-3-25-31(28,29)26-19-13-15-23(16-14-19,18-9-5-4-6-10-18)17-24-22(27)20-11-7-8-12-21(20)30-2/h4-12,19,25-26H,3,13-17H2,1-2H3,(H,24,27)/t19-,23+. The average molecular weight is 446 g/mol. The number of para-hydroxylation sites is 1. The zero-order chi connectivity index (χ0) is 22.3. The van der Waals surface area contributed by atoms with Gasteiger partial charge in [-0.1, -0.05) is 49.4 Å². The normalized spacial score (nSPS) is 21.4. The van der Waals surface area contributed by atoms with Crippen molar-refractivity contribution in [2.45, 2.75) is 44.1 Å². The fourth-order valence-electron chi connectivity index (χ4n) is 4.28. The molecule has 0 spiro atoms. The summed E-state index contributed by atoms with van der Waals surface area (Å²) >= 11 is 0. The van der Waals surface area contributed by atoms with Gasteiger partial charge in [0.1, 0.15) is 5.75 Å². The lowest BCUT2D eigenvalue weighted by Crippen LogP contribution is -2.49. The smallest absolute Gasteiger partial charge is 0.277 e. The summed E-state index contributed by atoms with van der Waals surface area (Å²) in [5.41, 5.74) is 1.41. The predicted molar refractivity (Wildman–Crippen MR) is 121 cm³/mol. The van der Waals surface area contributed by atoms with Crippen LogP contribution in [0, 0.1) is 0 Å². The molecule has 0 heterocycles. The topological polar surface area (TPSA) is 96.5 Å². The molecule has 1 amide bonds. The van der Waals surface area contributed by atoms with Crippen molar-refractivity contribution in [3.8, 4) is 5.75 Å². The highest BCUT2D eigenvalue weighted by molar-refractivity contribution is 7.87. The van der Waals surface area contributed by atoms with Gasteiger partial charge in [-0.2, -0.15) is 13.1 Å². The highest BCUT2D eigenvalue weighted by Gasteiger charge is 2.38. The van der Waals surface area contributed by atoms with Gasteiger partial charge >= 0.3 is 0 Å². The summed E-state index contributed by atoms with van der Waals surface area (Å²) < 4.78 is 34.7. The van der Waals surface area contributed by atoms with Crippen molar-refractivity contribution in [2.75, 3.05) is 20.2 Å². The van der Waals surface area contributed by atoms with Gasteiger partial charge < -0.3 is 10.1 Å². The minimum absolute atomic E-state index is 0.120. The SMILES string of the molecule is CCNS(=O)(=O)N[C@H]1CC[C@@](CNC(=O)c2ccccc2OC)(c2ccccc2)CC1. The molecule has 1 fully saturated rings. The Morgan fingerprint density at radius 3 is 2.35 bits per heavy atom. The first-order valence-electron chi connectivity index (χ1n) is 10.6. The number of amides is 1. The summed E-state index contributed by atoms with van der Waals surface area (Å²) in [6.07, 6.45) is 2.93. The van der Waals surface area contributed by atoms with Gasteiger partial charge in [-0.3, -0.25) is 4.79 Å². The second-order valence-corrected chi connectivity index (χ2v) is 9.45. The van der Waals surface area contributed by atoms with Crippen LogP contribution in [0.25, 0.3) is 0 Å². The molecule has 31 heavy (non-hydrogen) atoms. The molecule has 0 bridgehead atoms. The monoisotopic (exact) mass is 445 g/mol. The fraction of sp³-hybridized carbons (Fsp3) is 0.435. The molecule has 2 aromatic carbocycles. The summed E-state index contributed by atoms with van der Waals surface area (Å²) in [7, 11) is -1.94. The van der Waals surface area contributed by atoms with Crippen molar-refractivity contribution in [3.05, 3.63) is 65.7 Å². The minimum Gasteiger partial charge on any atom is -0.496 e. The van der Waals surface area contributed by atoms with E-state index in [0.717, 1.165) is 18.4 Å². The van der Waals surface area contributed by atoms with E-state index in [2.05, 4.69) is 26.9 Å². The van der Waals surface area contributed by atoms with Crippen molar-refractivity contribution < 1.29 is 17.9 Å². The molecule has 168 valence electrons. The number of carbonyl (C=O) groups excluding carboxylic acids is 1. The third-order valence-corrected chi connectivity index (χ3v) is 7.24. The Hall–Kier alpha value is -2.42. The van der Waals surface area contributed by atoms with Crippen LogP contribution in [0.4, 0.5) is 0 Å². The largest absolute Gasteiger partial charge is 0.496 e. The number of benzene rings is 2. The van der Waals surface area contributed by atoms with E-state index in [-0.39, 0.29) is 17.4 Å². The summed E-state index contributed by atoms with van der Waals surface area (Å²) in [5, 5.41) is 3.10. The zero-order valence-electron chi connectivity index (χ0n) is 18.1. The second-order valence-electron chi connectivity index (χ2n) is 7.92. The molecular weight excluding hydrogens is 414 g/mol. The van der Waals surface area contributed by atoms with E-state index >= 15 is 0 Å². The molecule has 0 aromatic heterocycles. The van der Waals surface area contributed by atoms with Crippen LogP contribution < -0.4 is 19.5 Å². The maximum Gasteiger partial charge on any atom is 0.277 e. The maximum atomic E-state index is 12.9. The van der Waals surface area contributed by atoms with E-state index < -0.39 is 10.2 Å². The Balaban J connectivity index is 1.74. The summed E-state index contributed by atoms with van der Waals surface area (Å²) in [6, 6.07) is 17.2. The van der Waals surface area contributed by atoms with Crippen molar-refractivity contribution in [3.63, 3.8) is 0 Å². The van der Waals surface area contributed by atoms with E-state index in [0.29, 0.717) is 37.2 Å². The Bertz CT molecular complexity index is 971. The lowest BCUT2D eigenvalue weighted by atomic mass is 9.68. The molecular formula is C23H31N3O4S. The minimum atomic E-state index is -3.49. The van der Waals surface area contributed by atoms with Crippen LogP contribution in [-0.4, -0.2) is 40.6 Å². The Morgan fingerprint density at radius 1 is 1.06 bits per heavy atom. The number of hydrogen-bond acceptors (Lipinski definition) is 4. The van der Waals surface area contributed by atoms with Crippen molar-refractivity contribution in [2.24, 2.45) is 0 Å². The molecule has 0 unspecified atom stereocenters. The van der Waals surface area contributed by atoms with Crippen LogP contribution >= 0.6 is 0 Å². The quantitative estimate of drug-likeness (QED) is 0.553. The molecule has 7 nitrogen and oxygen atoms in total. The number of carbonyl (C=O) groups is 1. The van der Waals surface area contributed by atoms with Gasteiger partial charge in [-0.25, -0.2) is 4.72 Å². The molecule has 3 N–H and O–H groups in total. The number of methoxy groups -OCH3 is 1. The molecule has 3 rings (SSSR count). The number of rotatable bonds is 9. The van der Waals surface area contributed by atoms with Gasteiger partial charge in [0.25, 0.3) is 16.1 Å². The first-order chi connectivity index (χ1) is 14.9. The summed E-state index contributed by atoms with van der Waals surface area (Å²) in [6.45, 7) is 2.58. The van der Waals surface area contributed by atoms with E-state index in [4.69, 9.17) is 4.74 Å². The molecule has 8 heteroatoms. The molecule has 1 aliphatic carbocycles. The van der Waals surface area contributed by atoms with Gasteiger partial charge in [-0.05, 0) is 43.4 Å². The van der Waals surface area contributed by atoms with Crippen LogP contribution in [0.1, 0.15) is 48.5 Å². The fourth-order valence-corrected chi connectivity index (χ4v) is 5.41. The van der Waals surface area contributed by atoms with E-state index in [9.17, 15) is 13.2 Å². The third kappa shape index (κ3) is 5.84. The van der Waals surface area contributed by atoms with Crippen LogP contribution in [0.3, 0.4) is 0 Å². The summed E-state index contributed by atoms with van der Waals surface area (Å²) in [4.78, 5) is 12.9. The lowest BCUT2D eigenvalue weighted by molar-refractivity contribution is 0.0932. The van der Waals surface area contributed by atoms with Crippen molar-refractivity contribution in [1.82, 2.24) is 14.8 Å². The van der Waals surface area contributed by atoms with Crippen LogP contribution in [-0.2, 0) is 15.6 Å². The Kier molecular flexibility index (Phi) is 7.69. The molecule has 1 aliphatic rings. The summed E-state index contributed by atoms with van der Waals surface area (Å²) in [5.74, 6) is 0.359. The average Bonchev–Trinajstić information content (AvgIpc) is 2.79. The number of nitrogens with one attached hydrogen (secondary N) is 3. The van der Waals surface area contributed by atoms with Crippen LogP contribution in [0.2, 0.25) is 0 Å².